The van der Waals surface area contributed by atoms with Gasteiger partial charge in [0.25, 0.3) is 0 Å². The minimum atomic E-state index is -0.0415. The maximum absolute atomic E-state index is 9.21. The van der Waals surface area contributed by atoms with Crippen LogP contribution < -0.4 is 0 Å². The van der Waals surface area contributed by atoms with Gasteiger partial charge >= 0.3 is 0 Å². The van der Waals surface area contributed by atoms with Crippen molar-refractivity contribution in [3.8, 4) is 11.1 Å². The number of hydrogen-bond acceptors (Lipinski definition) is 2. The molecule has 0 fully saturated rings. The molecule has 3 aromatic rings. The number of aromatic nitrogens is 1. The van der Waals surface area contributed by atoms with Crippen molar-refractivity contribution in [2.45, 2.75) is 13.5 Å². The number of halogens is 1. The lowest BCUT2D eigenvalue weighted by atomic mass is 9.98. The van der Waals surface area contributed by atoms with Gasteiger partial charge in [-0.3, -0.25) is 4.98 Å². The Kier molecular flexibility index (Phi) is 3.43. The molecule has 100 valence electrons. The Morgan fingerprint density at radius 3 is 2.50 bits per heavy atom. The molecule has 0 amide bonds. The van der Waals surface area contributed by atoms with Crippen LogP contribution in [0.25, 0.3) is 22.0 Å². The van der Waals surface area contributed by atoms with E-state index in [1.165, 1.54) is 0 Å². The van der Waals surface area contributed by atoms with Crippen LogP contribution in [0.15, 0.2) is 48.5 Å². The standard InChI is InChI=1S/C17H14ClNO/c1-11-8-16(12-2-4-13(18)5-3-12)15-7-6-14(10-20)19-17(15)9-11/h2-9,20H,10H2,1H3. The Bertz CT molecular complexity index is 766. The number of nitrogens with zero attached hydrogens (tertiary/aromatic N) is 1. The Labute approximate surface area is 122 Å². The first kappa shape index (κ1) is 13.1. The number of benzene rings is 2. The molecular weight excluding hydrogens is 270 g/mol. The monoisotopic (exact) mass is 283 g/mol. The number of aliphatic hydroxyl groups excluding tert-OH is 1. The third-order valence-electron chi connectivity index (χ3n) is 3.33. The van der Waals surface area contributed by atoms with Crippen LogP contribution in [-0.4, -0.2) is 10.1 Å². The zero-order valence-electron chi connectivity index (χ0n) is 11.1. The predicted molar refractivity (Wildman–Crippen MR) is 82.8 cm³/mol. The summed E-state index contributed by atoms with van der Waals surface area (Å²) in [5, 5.41) is 11.0. The normalized spacial score (nSPS) is 10.9. The van der Waals surface area contributed by atoms with Crippen molar-refractivity contribution >= 4 is 22.5 Å². The van der Waals surface area contributed by atoms with Crippen LogP contribution in [0.4, 0.5) is 0 Å². The molecule has 1 heterocycles. The van der Waals surface area contributed by atoms with Crippen molar-refractivity contribution in [3.05, 3.63) is 64.8 Å². The predicted octanol–water partition coefficient (Wildman–Crippen LogP) is 4.36. The molecule has 0 atom stereocenters. The molecule has 2 aromatic carbocycles. The van der Waals surface area contributed by atoms with Crippen LogP contribution in [-0.2, 0) is 6.61 Å². The second kappa shape index (κ2) is 5.23. The van der Waals surface area contributed by atoms with E-state index in [0.717, 1.165) is 32.6 Å². The number of rotatable bonds is 2. The van der Waals surface area contributed by atoms with E-state index in [1.54, 1.807) is 0 Å². The average Bonchev–Trinajstić information content (AvgIpc) is 2.46. The second-order valence-corrected chi connectivity index (χ2v) is 5.28. The topological polar surface area (TPSA) is 33.1 Å². The minimum absolute atomic E-state index is 0.0415. The first-order chi connectivity index (χ1) is 9.67. The Balaban J connectivity index is 2.26. The van der Waals surface area contributed by atoms with Crippen molar-refractivity contribution in [1.82, 2.24) is 4.98 Å². The van der Waals surface area contributed by atoms with Crippen molar-refractivity contribution in [3.63, 3.8) is 0 Å². The van der Waals surface area contributed by atoms with E-state index < -0.39 is 0 Å². The molecule has 20 heavy (non-hydrogen) atoms. The average molecular weight is 284 g/mol. The van der Waals surface area contributed by atoms with E-state index in [1.807, 2.05) is 49.4 Å². The van der Waals surface area contributed by atoms with E-state index in [9.17, 15) is 5.11 Å². The van der Waals surface area contributed by atoms with Crippen LogP contribution in [0.1, 0.15) is 11.3 Å². The van der Waals surface area contributed by atoms with Gasteiger partial charge in [0.2, 0.25) is 0 Å². The molecule has 0 aliphatic rings. The largest absolute Gasteiger partial charge is 0.390 e. The lowest BCUT2D eigenvalue weighted by molar-refractivity contribution is 0.277. The summed E-state index contributed by atoms with van der Waals surface area (Å²) in [4.78, 5) is 4.48. The third-order valence-corrected chi connectivity index (χ3v) is 3.58. The number of aliphatic hydroxyl groups is 1. The fourth-order valence-corrected chi connectivity index (χ4v) is 2.50. The number of hydrogen-bond donors (Lipinski definition) is 1. The summed E-state index contributed by atoms with van der Waals surface area (Å²) in [5.41, 5.74) is 4.98. The highest BCUT2D eigenvalue weighted by molar-refractivity contribution is 6.30. The van der Waals surface area contributed by atoms with Crippen molar-refractivity contribution in [1.29, 1.82) is 0 Å². The quantitative estimate of drug-likeness (QED) is 0.758. The highest BCUT2D eigenvalue weighted by Crippen LogP contribution is 2.30. The van der Waals surface area contributed by atoms with Crippen LogP contribution >= 0.6 is 11.6 Å². The summed E-state index contributed by atoms with van der Waals surface area (Å²) in [6, 6.07) is 15.8. The fourth-order valence-electron chi connectivity index (χ4n) is 2.37. The van der Waals surface area contributed by atoms with E-state index in [-0.39, 0.29) is 6.61 Å². The van der Waals surface area contributed by atoms with Crippen molar-refractivity contribution in [2.24, 2.45) is 0 Å². The van der Waals surface area contributed by atoms with E-state index in [4.69, 9.17) is 11.6 Å². The van der Waals surface area contributed by atoms with E-state index in [2.05, 4.69) is 11.1 Å². The number of fused-ring (bicyclic) bond motifs is 1. The summed E-state index contributed by atoms with van der Waals surface area (Å²) in [7, 11) is 0. The number of aryl methyl sites for hydroxylation is 1. The van der Waals surface area contributed by atoms with Crippen LogP contribution in [0.2, 0.25) is 5.02 Å². The van der Waals surface area contributed by atoms with Gasteiger partial charge in [0.15, 0.2) is 0 Å². The molecule has 3 heteroatoms. The Hall–Kier alpha value is -1.90. The van der Waals surface area contributed by atoms with Gasteiger partial charge in [0, 0.05) is 10.4 Å². The zero-order valence-corrected chi connectivity index (χ0v) is 11.9. The molecule has 0 bridgehead atoms. The molecule has 0 saturated heterocycles. The van der Waals surface area contributed by atoms with Gasteiger partial charge in [0.1, 0.15) is 0 Å². The maximum atomic E-state index is 9.21. The zero-order chi connectivity index (χ0) is 14.1. The van der Waals surface area contributed by atoms with Crippen LogP contribution in [0.5, 0.6) is 0 Å². The van der Waals surface area contributed by atoms with E-state index in [0.29, 0.717) is 5.69 Å². The van der Waals surface area contributed by atoms with Crippen molar-refractivity contribution in [2.75, 3.05) is 0 Å². The smallest absolute Gasteiger partial charge is 0.0853 e. The summed E-state index contributed by atoms with van der Waals surface area (Å²) < 4.78 is 0. The first-order valence-corrected chi connectivity index (χ1v) is 6.82. The minimum Gasteiger partial charge on any atom is -0.390 e. The molecule has 1 aromatic heterocycles. The molecule has 0 saturated carbocycles. The lowest BCUT2D eigenvalue weighted by Crippen LogP contribution is -1.92. The maximum Gasteiger partial charge on any atom is 0.0853 e. The van der Waals surface area contributed by atoms with Gasteiger partial charge in [0.05, 0.1) is 17.8 Å². The highest BCUT2D eigenvalue weighted by Gasteiger charge is 2.07. The molecule has 0 aliphatic carbocycles. The van der Waals surface area contributed by atoms with Gasteiger partial charge in [-0.25, -0.2) is 0 Å². The van der Waals surface area contributed by atoms with Gasteiger partial charge in [-0.1, -0.05) is 35.9 Å². The third kappa shape index (κ3) is 2.40. The molecule has 2 nitrogen and oxygen atoms in total. The molecule has 0 radical (unpaired) electrons. The SMILES string of the molecule is Cc1cc(-c2ccc(Cl)cc2)c2ccc(CO)nc2c1. The van der Waals surface area contributed by atoms with Gasteiger partial charge in [-0.15, -0.1) is 0 Å². The Morgan fingerprint density at radius 1 is 1.05 bits per heavy atom. The van der Waals surface area contributed by atoms with Gasteiger partial charge in [-0.05, 0) is 47.9 Å². The molecule has 0 unspecified atom stereocenters. The molecule has 1 N–H and O–H groups in total. The van der Waals surface area contributed by atoms with Gasteiger partial charge < -0.3 is 5.11 Å². The molecule has 0 spiro atoms. The van der Waals surface area contributed by atoms with Gasteiger partial charge in [-0.2, -0.15) is 0 Å². The summed E-state index contributed by atoms with van der Waals surface area (Å²) in [6.07, 6.45) is 0. The first-order valence-electron chi connectivity index (χ1n) is 6.44. The molecular formula is C17H14ClNO. The highest BCUT2D eigenvalue weighted by atomic mass is 35.5. The Morgan fingerprint density at radius 2 is 1.80 bits per heavy atom. The fraction of sp³-hybridized carbons (Fsp3) is 0.118. The molecule has 3 rings (SSSR count). The van der Waals surface area contributed by atoms with Crippen LogP contribution in [0.3, 0.4) is 0 Å². The summed E-state index contributed by atoms with van der Waals surface area (Å²) in [5.74, 6) is 0. The molecule has 0 aliphatic heterocycles. The summed E-state index contributed by atoms with van der Waals surface area (Å²) >= 11 is 5.95. The van der Waals surface area contributed by atoms with E-state index >= 15 is 0 Å². The number of pyridine rings is 1. The second-order valence-electron chi connectivity index (χ2n) is 4.85. The van der Waals surface area contributed by atoms with Crippen molar-refractivity contribution < 1.29 is 5.11 Å². The lowest BCUT2D eigenvalue weighted by Gasteiger charge is -2.09. The van der Waals surface area contributed by atoms with Crippen LogP contribution in [0, 0.1) is 6.92 Å². The summed E-state index contributed by atoms with van der Waals surface area (Å²) in [6.45, 7) is 2.01.